The third-order valence-corrected chi connectivity index (χ3v) is 4.13. The molecule has 1 aliphatic rings. The number of halogens is 1. The number of aliphatic hydroxyl groups is 1. The van der Waals surface area contributed by atoms with Gasteiger partial charge in [-0.1, -0.05) is 30.3 Å². The predicted octanol–water partition coefficient (Wildman–Crippen LogP) is 1.28. The van der Waals surface area contributed by atoms with Crippen LogP contribution in [0, 0.1) is 0 Å². The molecule has 6 heteroatoms. The fourth-order valence-corrected chi connectivity index (χ4v) is 2.78. The Kier molecular flexibility index (Phi) is 6.27. The van der Waals surface area contributed by atoms with Crippen molar-refractivity contribution in [2.75, 3.05) is 33.5 Å². The molecule has 2 atom stereocenters. The van der Waals surface area contributed by atoms with Gasteiger partial charge in [0.25, 0.3) is 0 Å². The molecule has 5 nitrogen and oxygen atoms in total. The van der Waals surface area contributed by atoms with E-state index in [0.717, 1.165) is 23.1 Å². The Morgan fingerprint density at radius 1 is 1.43 bits per heavy atom. The van der Waals surface area contributed by atoms with Gasteiger partial charge >= 0.3 is 0 Å². The van der Waals surface area contributed by atoms with E-state index in [0.29, 0.717) is 13.1 Å². The van der Waals surface area contributed by atoms with Crippen molar-refractivity contribution in [1.29, 1.82) is 0 Å². The number of alkyl halides is 1. The number of carbonyl (C=O) groups is 1. The van der Waals surface area contributed by atoms with E-state index in [-0.39, 0.29) is 5.91 Å². The van der Waals surface area contributed by atoms with Gasteiger partial charge in [0, 0.05) is 20.2 Å². The van der Waals surface area contributed by atoms with Crippen molar-refractivity contribution in [1.82, 2.24) is 4.90 Å². The maximum atomic E-state index is 12.7. The SMILES string of the molecule is COC(c1ccc(C2=CCN(C(=O)CO)CC2)cc1)C(N)CF. The number of hydrogen-bond acceptors (Lipinski definition) is 4. The molecule has 2 rings (SSSR count). The van der Waals surface area contributed by atoms with E-state index in [1.54, 1.807) is 4.90 Å². The van der Waals surface area contributed by atoms with Crippen LogP contribution in [-0.2, 0) is 9.53 Å². The highest BCUT2D eigenvalue weighted by Gasteiger charge is 2.20. The Labute approximate surface area is 135 Å². The van der Waals surface area contributed by atoms with Gasteiger partial charge in [0.2, 0.25) is 5.91 Å². The third kappa shape index (κ3) is 4.16. The second kappa shape index (κ2) is 8.19. The number of aliphatic hydroxyl groups excluding tert-OH is 1. The Hall–Kier alpha value is -1.76. The summed E-state index contributed by atoms with van der Waals surface area (Å²) in [6.45, 7) is 0.00946. The van der Waals surface area contributed by atoms with E-state index < -0.39 is 25.4 Å². The maximum Gasteiger partial charge on any atom is 0.248 e. The average Bonchev–Trinajstić information content (AvgIpc) is 2.62. The van der Waals surface area contributed by atoms with Crippen LogP contribution in [0.25, 0.3) is 5.57 Å². The second-order valence-corrected chi connectivity index (χ2v) is 5.57. The first-order chi connectivity index (χ1) is 11.1. The molecule has 0 aliphatic carbocycles. The van der Waals surface area contributed by atoms with Crippen molar-refractivity contribution in [2.45, 2.75) is 18.6 Å². The van der Waals surface area contributed by atoms with Crippen LogP contribution in [-0.4, -0.2) is 55.4 Å². The first kappa shape index (κ1) is 17.6. The van der Waals surface area contributed by atoms with E-state index in [1.807, 2.05) is 30.3 Å². The van der Waals surface area contributed by atoms with Crippen molar-refractivity contribution >= 4 is 11.5 Å². The molecule has 1 aromatic rings. The number of rotatable bonds is 6. The summed E-state index contributed by atoms with van der Waals surface area (Å²) >= 11 is 0. The molecule has 0 saturated heterocycles. The minimum Gasteiger partial charge on any atom is -0.387 e. The summed E-state index contributed by atoms with van der Waals surface area (Å²) in [7, 11) is 1.52. The fourth-order valence-electron chi connectivity index (χ4n) is 2.78. The number of carbonyl (C=O) groups excluding carboxylic acids is 1. The van der Waals surface area contributed by atoms with Crippen LogP contribution < -0.4 is 5.73 Å². The topological polar surface area (TPSA) is 75.8 Å². The lowest BCUT2D eigenvalue weighted by molar-refractivity contribution is -0.133. The zero-order valence-corrected chi connectivity index (χ0v) is 13.2. The van der Waals surface area contributed by atoms with Crippen LogP contribution in [0.1, 0.15) is 23.7 Å². The Balaban J connectivity index is 2.08. The molecule has 1 aromatic carbocycles. The summed E-state index contributed by atoms with van der Waals surface area (Å²) in [6.07, 6.45) is 2.27. The smallest absolute Gasteiger partial charge is 0.248 e. The molecule has 0 fully saturated rings. The highest BCUT2D eigenvalue weighted by molar-refractivity contribution is 5.79. The third-order valence-electron chi connectivity index (χ3n) is 4.13. The van der Waals surface area contributed by atoms with Crippen LogP contribution in [0.15, 0.2) is 30.3 Å². The molecule has 1 heterocycles. The van der Waals surface area contributed by atoms with E-state index in [4.69, 9.17) is 15.6 Å². The molecular formula is C17H23FN2O3. The normalized spacial score (nSPS) is 17.6. The summed E-state index contributed by atoms with van der Waals surface area (Å²) in [4.78, 5) is 13.1. The number of nitrogens with zero attached hydrogens (tertiary/aromatic N) is 1. The van der Waals surface area contributed by atoms with E-state index in [2.05, 4.69) is 0 Å². The lowest BCUT2D eigenvalue weighted by atomic mass is 9.96. The van der Waals surface area contributed by atoms with Crippen LogP contribution in [0.3, 0.4) is 0 Å². The van der Waals surface area contributed by atoms with Gasteiger partial charge in [0.05, 0.1) is 12.1 Å². The number of hydrogen-bond donors (Lipinski definition) is 2. The monoisotopic (exact) mass is 322 g/mol. The minimum absolute atomic E-state index is 0.251. The molecule has 0 saturated carbocycles. The summed E-state index contributed by atoms with van der Waals surface area (Å²) in [6, 6.07) is 7.03. The maximum absolute atomic E-state index is 12.7. The molecule has 0 aromatic heterocycles. The van der Waals surface area contributed by atoms with Crippen molar-refractivity contribution < 1.29 is 19.0 Å². The second-order valence-electron chi connectivity index (χ2n) is 5.57. The standard InChI is InChI=1S/C17H23FN2O3/c1-23-17(15(19)10-18)14-4-2-12(3-5-14)13-6-8-20(9-7-13)16(22)11-21/h2-6,15,17,21H,7-11,19H2,1H3. The molecule has 0 radical (unpaired) electrons. The van der Waals surface area contributed by atoms with Crippen molar-refractivity contribution in [3.63, 3.8) is 0 Å². The van der Waals surface area contributed by atoms with E-state index in [9.17, 15) is 9.18 Å². The number of methoxy groups -OCH3 is 1. The van der Waals surface area contributed by atoms with Gasteiger partial charge in [-0.3, -0.25) is 4.79 Å². The van der Waals surface area contributed by atoms with Gasteiger partial charge in [-0.25, -0.2) is 4.39 Å². The van der Waals surface area contributed by atoms with Crippen LogP contribution in [0.2, 0.25) is 0 Å². The van der Waals surface area contributed by atoms with Gasteiger partial charge < -0.3 is 20.5 Å². The van der Waals surface area contributed by atoms with Gasteiger partial charge in [-0.2, -0.15) is 0 Å². The number of nitrogens with two attached hydrogens (primary N) is 1. The van der Waals surface area contributed by atoms with Crippen LogP contribution in [0.4, 0.5) is 4.39 Å². The predicted molar refractivity (Wildman–Crippen MR) is 86.4 cm³/mol. The first-order valence-electron chi connectivity index (χ1n) is 7.63. The van der Waals surface area contributed by atoms with Gasteiger partial charge in [-0.05, 0) is 23.1 Å². The Morgan fingerprint density at radius 2 is 2.13 bits per heavy atom. The zero-order chi connectivity index (χ0) is 16.8. The number of ether oxygens (including phenoxy) is 1. The quantitative estimate of drug-likeness (QED) is 0.827. The molecule has 3 N–H and O–H groups in total. The molecule has 2 unspecified atom stereocenters. The summed E-state index contributed by atoms with van der Waals surface area (Å²) in [5.41, 5.74) is 8.79. The molecule has 0 bridgehead atoms. The largest absolute Gasteiger partial charge is 0.387 e. The first-order valence-corrected chi connectivity index (χ1v) is 7.63. The Morgan fingerprint density at radius 3 is 2.61 bits per heavy atom. The highest BCUT2D eigenvalue weighted by Crippen LogP contribution is 2.26. The average molecular weight is 322 g/mol. The molecule has 0 spiro atoms. The fraction of sp³-hybridized carbons (Fsp3) is 0.471. The van der Waals surface area contributed by atoms with Crippen molar-refractivity contribution in [3.8, 4) is 0 Å². The van der Waals surface area contributed by atoms with E-state index in [1.165, 1.54) is 7.11 Å². The minimum atomic E-state index is -0.683. The summed E-state index contributed by atoms with van der Waals surface area (Å²) in [5, 5.41) is 8.88. The van der Waals surface area contributed by atoms with Crippen LogP contribution >= 0.6 is 0 Å². The number of amides is 1. The lowest BCUT2D eigenvalue weighted by Crippen LogP contribution is -2.36. The van der Waals surface area contributed by atoms with Crippen LogP contribution in [0.5, 0.6) is 0 Å². The molecule has 1 amide bonds. The summed E-state index contributed by atoms with van der Waals surface area (Å²) in [5.74, 6) is -0.251. The Bertz CT molecular complexity index is 559. The molecule has 1 aliphatic heterocycles. The molecular weight excluding hydrogens is 299 g/mol. The van der Waals surface area contributed by atoms with Gasteiger partial charge in [0.1, 0.15) is 13.3 Å². The molecule has 23 heavy (non-hydrogen) atoms. The zero-order valence-electron chi connectivity index (χ0n) is 13.2. The lowest BCUT2D eigenvalue weighted by Gasteiger charge is -2.26. The highest BCUT2D eigenvalue weighted by atomic mass is 19.1. The molecule has 126 valence electrons. The van der Waals surface area contributed by atoms with Crippen molar-refractivity contribution in [2.24, 2.45) is 5.73 Å². The van der Waals surface area contributed by atoms with Gasteiger partial charge in [-0.15, -0.1) is 0 Å². The van der Waals surface area contributed by atoms with Gasteiger partial charge in [0.15, 0.2) is 0 Å². The number of benzene rings is 1. The van der Waals surface area contributed by atoms with E-state index >= 15 is 0 Å². The summed E-state index contributed by atoms with van der Waals surface area (Å²) < 4.78 is 18.0. The van der Waals surface area contributed by atoms with Crippen molar-refractivity contribution in [3.05, 3.63) is 41.5 Å².